The molecule has 0 radical (unpaired) electrons. The molecule has 0 N–H and O–H groups in total. The second-order valence-electron chi connectivity index (χ2n) is 4.22. The van der Waals surface area contributed by atoms with E-state index in [-0.39, 0.29) is 23.9 Å². The standard InChI is InChI=1S/C13H13ClO3/c1-17-12-4-2-3-11(14)13(12)8-5-9(15)7-10(16)6-8/h2-4,8H,5-7H2,1H3. The number of hydrogen-bond donors (Lipinski definition) is 0. The van der Waals surface area contributed by atoms with Crippen molar-refractivity contribution >= 4 is 23.2 Å². The second kappa shape index (κ2) is 4.88. The van der Waals surface area contributed by atoms with Crippen molar-refractivity contribution in [1.29, 1.82) is 0 Å². The molecule has 0 aromatic heterocycles. The van der Waals surface area contributed by atoms with E-state index in [0.29, 0.717) is 23.6 Å². The Balaban J connectivity index is 2.39. The number of halogens is 1. The van der Waals surface area contributed by atoms with Crippen LogP contribution < -0.4 is 4.74 Å². The summed E-state index contributed by atoms with van der Waals surface area (Å²) in [5.74, 6) is 0.457. The predicted octanol–water partition coefficient (Wildman–Crippen LogP) is 2.75. The largest absolute Gasteiger partial charge is 0.496 e. The minimum Gasteiger partial charge on any atom is -0.496 e. The average Bonchev–Trinajstić information content (AvgIpc) is 2.27. The maximum Gasteiger partial charge on any atom is 0.140 e. The highest BCUT2D eigenvalue weighted by Crippen LogP contribution is 2.39. The fourth-order valence-corrected chi connectivity index (χ4v) is 2.60. The Morgan fingerprint density at radius 2 is 1.88 bits per heavy atom. The van der Waals surface area contributed by atoms with Crippen molar-refractivity contribution in [3.63, 3.8) is 0 Å². The summed E-state index contributed by atoms with van der Waals surface area (Å²) < 4.78 is 5.24. The summed E-state index contributed by atoms with van der Waals surface area (Å²) in [6.45, 7) is 0. The van der Waals surface area contributed by atoms with Gasteiger partial charge in [-0.1, -0.05) is 17.7 Å². The van der Waals surface area contributed by atoms with E-state index in [9.17, 15) is 9.59 Å². The lowest BCUT2D eigenvalue weighted by Gasteiger charge is -2.23. The molecule has 17 heavy (non-hydrogen) atoms. The molecule has 0 amide bonds. The highest BCUT2D eigenvalue weighted by molar-refractivity contribution is 6.31. The van der Waals surface area contributed by atoms with E-state index in [1.807, 2.05) is 0 Å². The van der Waals surface area contributed by atoms with E-state index in [4.69, 9.17) is 16.3 Å². The predicted molar refractivity (Wildman–Crippen MR) is 64.6 cm³/mol. The zero-order chi connectivity index (χ0) is 12.4. The van der Waals surface area contributed by atoms with Crippen molar-refractivity contribution in [3.05, 3.63) is 28.8 Å². The van der Waals surface area contributed by atoms with Gasteiger partial charge in [-0.2, -0.15) is 0 Å². The summed E-state index contributed by atoms with van der Waals surface area (Å²) in [6, 6.07) is 5.34. The van der Waals surface area contributed by atoms with Gasteiger partial charge in [0.15, 0.2) is 0 Å². The lowest BCUT2D eigenvalue weighted by molar-refractivity contribution is -0.130. The van der Waals surface area contributed by atoms with Crippen LogP contribution in [0.4, 0.5) is 0 Å². The molecule has 0 aliphatic heterocycles. The van der Waals surface area contributed by atoms with Crippen LogP contribution in [0.25, 0.3) is 0 Å². The Labute approximate surface area is 105 Å². The smallest absolute Gasteiger partial charge is 0.140 e. The number of rotatable bonds is 2. The molecule has 1 saturated carbocycles. The van der Waals surface area contributed by atoms with E-state index >= 15 is 0 Å². The van der Waals surface area contributed by atoms with Crippen LogP contribution in [0.15, 0.2) is 18.2 Å². The van der Waals surface area contributed by atoms with Crippen molar-refractivity contribution < 1.29 is 14.3 Å². The third kappa shape index (κ3) is 2.50. The van der Waals surface area contributed by atoms with Gasteiger partial charge in [0, 0.05) is 29.3 Å². The molecule has 4 heteroatoms. The van der Waals surface area contributed by atoms with Crippen LogP contribution in [0.2, 0.25) is 5.02 Å². The Hall–Kier alpha value is -1.35. The van der Waals surface area contributed by atoms with Crippen LogP contribution in [0.5, 0.6) is 5.75 Å². The maximum absolute atomic E-state index is 11.5. The van der Waals surface area contributed by atoms with Crippen molar-refractivity contribution in [2.45, 2.75) is 25.2 Å². The molecule has 0 spiro atoms. The monoisotopic (exact) mass is 252 g/mol. The Bertz CT molecular complexity index is 452. The number of benzene rings is 1. The molecule has 90 valence electrons. The van der Waals surface area contributed by atoms with E-state index in [1.54, 1.807) is 25.3 Å². The molecule has 1 fully saturated rings. The molecule has 3 nitrogen and oxygen atoms in total. The molecule has 1 aliphatic carbocycles. The van der Waals surface area contributed by atoms with Crippen molar-refractivity contribution in [3.8, 4) is 5.75 Å². The molecule has 2 rings (SSSR count). The van der Waals surface area contributed by atoms with Crippen LogP contribution in [-0.4, -0.2) is 18.7 Å². The minimum absolute atomic E-state index is 0.0202. The van der Waals surface area contributed by atoms with E-state index in [1.165, 1.54) is 0 Å². The summed E-state index contributed by atoms with van der Waals surface area (Å²) in [4.78, 5) is 22.9. The Morgan fingerprint density at radius 3 is 2.47 bits per heavy atom. The van der Waals surface area contributed by atoms with Crippen molar-refractivity contribution in [1.82, 2.24) is 0 Å². The molecule has 0 saturated heterocycles. The third-order valence-electron chi connectivity index (χ3n) is 2.98. The van der Waals surface area contributed by atoms with Gasteiger partial charge >= 0.3 is 0 Å². The van der Waals surface area contributed by atoms with Gasteiger partial charge in [0.2, 0.25) is 0 Å². The average molecular weight is 253 g/mol. The fourth-order valence-electron chi connectivity index (χ4n) is 2.28. The summed E-state index contributed by atoms with van der Waals surface area (Å²) >= 11 is 6.13. The van der Waals surface area contributed by atoms with E-state index in [0.717, 1.165) is 5.56 Å². The van der Waals surface area contributed by atoms with Crippen molar-refractivity contribution in [2.75, 3.05) is 7.11 Å². The normalized spacial score (nSPS) is 17.3. The lowest BCUT2D eigenvalue weighted by Crippen LogP contribution is -2.21. The van der Waals surface area contributed by atoms with Crippen molar-refractivity contribution in [2.24, 2.45) is 0 Å². The Kier molecular flexibility index (Phi) is 3.48. The fraction of sp³-hybridized carbons (Fsp3) is 0.385. The molecule has 0 unspecified atom stereocenters. The van der Waals surface area contributed by atoms with Gasteiger partial charge in [-0.25, -0.2) is 0 Å². The highest BCUT2D eigenvalue weighted by atomic mass is 35.5. The van der Waals surface area contributed by atoms with Gasteiger partial charge in [-0.05, 0) is 12.1 Å². The van der Waals surface area contributed by atoms with E-state index in [2.05, 4.69) is 0 Å². The number of carbonyl (C=O) groups is 2. The summed E-state index contributed by atoms with van der Waals surface area (Å²) in [6.07, 6.45) is 0.793. The van der Waals surface area contributed by atoms with Crippen LogP contribution >= 0.6 is 11.6 Å². The molecular formula is C13H13ClO3. The summed E-state index contributed by atoms with van der Waals surface area (Å²) in [5, 5.41) is 0.553. The first-order valence-electron chi connectivity index (χ1n) is 5.47. The lowest BCUT2D eigenvalue weighted by atomic mass is 9.82. The minimum atomic E-state index is -0.146. The molecule has 1 aromatic carbocycles. The van der Waals surface area contributed by atoms with Gasteiger partial charge in [-0.3, -0.25) is 9.59 Å². The first-order valence-corrected chi connectivity index (χ1v) is 5.85. The number of ether oxygens (including phenoxy) is 1. The van der Waals surface area contributed by atoms with Gasteiger partial charge in [-0.15, -0.1) is 0 Å². The summed E-state index contributed by atoms with van der Waals surface area (Å²) in [5.41, 5.74) is 0.776. The molecule has 1 aromatic rings. The quantitative estimate of drug-likeness (QED) is 0.760. The number of Topliss-reactive ketones (excluding diaryl/α,β-unsaturated/α-hetero) is 2. The van der Waals surface area contributed by atoms with Crippen LogP contribution in [0, 0.1) is 0 Å². The number of methoxy groups -OCH3 is 1. The number of ketones is 2. The van der Waals surface area contributed by atoms with Gasteiger partial charge < -0.3 is 4.74 Å². The summed E-state index contributed by atoms with van der Waals surface area (Å²) in [7, 11) is 1.56. The third-order valence-corrected chi connectivity index (χ3v) is 3.31. The van der Waals surface area contributed by atoms with Crippen LogP contribution in [0.1, 0.15) is 30.7 Å². The molecule has 0 heterocycles. The second-order valence-corrected chi connectivity index (χ2v) is 4.62. The molecule has 0 atom stereocenters. The van der Waals surface area contributed by atoms with Gasteiger partial charge in [0.05, 0.1) is 13.5 Å². The molecule has 0 bridgehead atoms. The van der Waals surface area contributed by atoms with Gasteiger partial charge in [0.25, 0.3) is 0 Å². The Morgan fingerprint density at radius 1 is 1.24 bits per heavy atom. The van der Waals surface area contributed by atoms with Crippen LogP contribution in [-0.2, 0) is 9.59 Å². The van der Waals surface area contributed by atoms with E-state index < -0.39 is 0 Å². The molecular weight excluding hydrogens is 240 g/mol. The number of hydrogen-bond acceptors (Lipinski definition) is 3. The first-order chi connectivity index (χ1) is 8.11. The highest BCUT2D eigenvalue weighted by Gasteiger charge is 2.29. The maximum atomic E-state index is 11.5. The van der Waals surface area contributed by atoms with Crippen LogP contribution in [0.3, 0.4) is 0 Å². The first kappa shape index (κ1) is 12.1. The zero-order valence-corrected chi connectivity index (χ0v) is 10.3. The SMILES string of the molecule is COc1cccc(Cl)c1C1CC(=O)CC(=O)C1. The number of carbonyl (C=O) groups excluding carboxylic acids is 2. The zero-order valence-electron chi connectivity index (χ0n) is 9.53. The van der Waals surface area contributed by atoms with Gasteiger partial charge in [0.1, 0.15) is 17.3 Å². The molecule has 1 aliphatic rings. The topological polar surface area (TPSA) is 43.4 Å².